The summed E-state index contributed by atoms with van der Waals surface area (Å²) in [5.74, 6) is -2.34. The first-order valence-corrected chi connectivity index (χ1v) is 2.61. The summed E-state index contributed by atoms with van der Waals surface area (Å²) in [5, 5.41) is 8.52. The maximum absolute atomic E-state index is 10.2. The lowest BCUT2D eigenvalue weighted by Gasteiger charge is -1.93. The zero-order chi connectivity index (χ0) is 8.15. The lowest BCUT2D eigenvalue weighted by molar-refractivity contribution is -0.139. The van der Waals surface area contributed by atoms with Crippen LogP contribution in [0.1, 0.15) is 0 Å². The van der Waals surface area contributed by atoms with E-state index in [9.17, 15) is 14.4 Å². The van der Waals surface area contributed by atoms with Crippen molar-refractivity contribution in [1.82, 2.24) is 5.32 Å². The molecule has 0 heterocycles. The Labute approximate surface area is 61.0 Å². The molecule has 56 valence electrons. The summed E-state index contributed by atoms with van der Waals surface area (Å²) in [7, 11) is 0. The van der Waals surface area contributed by atoms with Crippen LogP contribution in [0.15, 0.2) is 0 Å². The maximum Gasteiger partial charge on any atom is 0.322 e. The summed E-state index contributed by atoms with van der Waals surface area (Å²) in [4.78, 5) is 29.9. The van der Waals surface area contributed by atoms with E-state index in [0.717, 1.165) is 0 Å². The molecule has 10 heavy (non-hydrogen) atoms. The normalized spacial score (nSPS) is 8.50. The molecule has 0 aromatic rings. The van der Waals surface area contributed by atoms with Gasteiger partial charge in [0.1, 0.15) is 6.54 Å². The van der Waals surface area contributed by atoms with Crippen molar-refractivity contribution in [3.05, 3.63) is 0 Å². The van der Waals surface area contributed by atoms with Crippen LogP contribution in [-0.2, 0) is 14.4 Å². The second-order valence-electron chi connectivity index (χ2n) is 1.35. The van der Waals surface area contributed by atoms with Gasteiger partial charge in [0.15, 0.2) is 0 Å². The van der Waals surface area contributed by atoms with Gasteiger partial charge in [0, 0.05) is 0 Å². The summed E-state index contributed by atoms with van der Waals surface area (Å²) in [6.45, 7) is -0.600. The molecule has 0 fully saturated rings. The minimum absolute atomic E-state index is 0.600. The molecule has 0 bridgehead atoms. The Hall–Kier alpha value is -1.10. The van der Waals surface area contributed by atoms with Gasteiger partial charge in [-0.2, -0.15) is 0 Å². The number of halogens is 1. The minimum atomic E-state index is -1.23. The van der Waals surface area contributed by atoms with Crippen LogP contribution in [0.25, 0.3) is 0 Å². The smallest absolute Gasteiger partial charge is 0.322 e. The van der Waals surface area contributed by atoms with Crippen molar-refractivity contribution in [2.45, 2.75) is 0 Å². The molecule has 0 aliphatic heterocycles. The van der Waals surface area contributed by atoms with E-state index in [4.69, 9.17) is 5.11 Å². The molecular formula is C4H4ClNO4. The van der Waals surface area contributed by atoms with E-state index >= 15 is 0 Å². The van der Waals surface area contributed by atoms with Crippen LogP contribution in [0.2, 0.25) is 0 Å². The van der Waals surface area contributed by atoms with Gasteiger partial charge in [-0.05, 0) is 11.6 Å². The highest BCUT2D eigenvalue weighted by Crippen LogP contribution is 1.77. The average Bonchev–Trinajstić information content (AvgIpc) is 1.82. The predicted molar refractivity (Wildman–Crippen MR) is 31.5 cm³/mol. The van der Waals surface area contributed by atoms with E-state index in [0.29, 0.717) is 0 Å². The van der Waals surface area contributed by atoms with E-state index < -0.39 is 23.7 Å². The Morgan fingerprint density at radius 3 is 2.20 bits per heavy atom. The first kappa shape index (κ1) is 8.90. The maximum atomic E-state index is 10.2. The Bertz CT molecular complexity index is 178. The Morgan fingerprint density at radius 1 is 1.40 bits per heavy atom. The molecule has 0 aliphatic carbocycles. The van der Waals surface area contributed by atoms with Crippen LogP contribution >= 0.6 is 11.6 Å². The fraction of sp³-hybridized carbons (Fsp3) is 0.250. The standard InChI is InChI=1S/C4H4ClNO4/c5-3(9)4(10)6-1-2(7)8/h1H2,(H,6,10)(H,7,8). The number of nitrogens with one attached hydrogen (secondary N) is 1. The zero-order valence-corrected chi connectivity index (χ0v) is 5.51. The molecule has 6 heteroatoms. The number of carbonyl (C=O) groups is 3. The highest BCUT2D eigenvalue weighted by molar-refractivity contribution is 6.80. The third-order valence-electron chi connectivity index (χ3n) is 0.579. The van der Waals surface area contributed by atoms with Gasteiger partial charge < -0.3 is 10.4 Å². The molecule has 0 rings (SSSR count). The number of rotatable bonds is 3. The Balaban J connectivity index is 3.60. The summed E-state index contributed by atoms with van der Waals surface area (Å²) in [5.41, 5.74) is 0. The zero-order valence-electron chi connectivity index (χ0n) is 4.76. The quantitative estimate of drug-likeness (QED) is 0.413. The van der Waals surface area contributed by atoms with Crippen molar-refractivity contribution in [3.8, 4) is 0 Å². The van der Waals surface area contributed by atoms with Gasteiger partial charge in [0.2, 0.25) is 0 Å². The first-order valence-electron chi connectivity index (χ1n) is 2.23. The van der Waals surface area contributed by atoms with Gasteiger partial charge in [0.05, 0.1) is 0 Å². The molecule has 0 aliphatic rings. The van der Waals surface area contributed by atoms with E-state index in [1.165, 1.54) is 0 Å². The van der Waals surface area contributed by atoms with Crippen molar-refractivity contribution >= 4 is 28.7 Å². The molecule has 0 aromatic heterocycles. The molecule has 0 aromatic carbocycles. The topological polar surface area (TPSA) is 83.5 Å². The van der Waals surface area contributed by atoms with Gasteiger partial charge >= 0.3 is 17.1 Å². The molecule has 0 saturated carbocycles. The lowest BCUT2D eigenvalue weighted by atomic mass is 10.6. The van der Waals surface area contributed by atoms with Crippen molar-refractivity contribution < 1.29 is 19.5 Å². The summed E-state index contributed by atoms with van der Waals surface area (Å²) in [6.07, 6.45) is 0. The predicted octanol–water partition coefficient (Wildman–Crippen LogP) is -1.05. The molecule has 5 nitrogen and oxygen atoms in total. The third-order valence-corrected chi connectivity index (χ3v) is 0.750. The molecule has 0 radical (unpaired) electrons. The van der Waals surface area contributed by atoms with Gasteiger partial charge in [0.25, 0.3) is 0 Å². The van der Waals surface area contributed by atoms with Crippen molar-refractivity contribution in [1.29, 1.82) is 0 Å². The highest BCUT2D eigenvalue weighted by Gasteiger charge is 2.09. The van der Waals surface area contributed by atoms with Crippen LogP contribution in [0.3, 0.4) is 0 Å². The second kappa shape index (κ2) is 3.84. The van der Waals surface area contributed by atoms with Gasteiger partial charge in [-0.3, -0.25) is 14.4 Å². The second-order valence-corrected chi connectivity index (χ2v) is 1.69. The van der Waals surface area contributed by atoms with E-state index in [-0.39, 0.29) is 0 Å². The fourth-order valence-corrected chi connectivity index (χ4v) is 0.292. The highest BCUT2D eigenvalue weighted by atomic mass is 35.5. The van der Waals surface area contributed by atoms with Crippen LogP contribution in [0.5, 0.6) is 0 Å². The molecule has 1 amide bonds. The first-order chi connectivity index (χ1) is 4.54. The van der Waals surface area contributed by atoms with Crippen LogP contribution in [-0.4, -0.2) is 28.8 Å². The summed E-state index contributed by atoms with van der Waals surface area (Å²) in [6, 6.07) is 0. The number of carboxylic acid groups (broad SMARTS) is 1. The number of aliphatic carboxylic acids is 1. The number of carboxylic acids is 1. The largest absolute Gasteiger partial charge is 0.480 e. The molecule has 0 saturated heterocycles. The van der Waals surface area contributed by atoms with E-state index in [2.05, 4.69) is 11.6 Å². The monoisotopic (exact) mass is 165 g/mol. The third kappa shape index (κ3) is 3.85. The van der Waals surface area contributed by atoms with Gasteiger partial charge in [-0.1, -0.05) is 0 Å². The van der Waals surface area contributed by atoms with E-state index in [1.54, 1.807) is 5.32 Å². The van der Waals surface area contributed by atoms with Crippen LogP contribution in [0, 0.1) is 0 Å². The number of hydrogen-bond acceptors (Lipinski definition) is 3. The molecule has 0 atom stereocenters. The van der Waals surface area contributed by atoms with Gasteiger partial charge in [-0.25, -0.2) is 0 Å². The Morgan fingerprint density at radius 2 is 1.90 bits per heavy atom. The van der Waals surface area contributed by atoms with Crippen molar-refractivity contribution in [2.24, 2.45) is 0 Å². The van der Waals surface area contributed by atoms with Gasteiger partial charge in [-0.15, -0.1) is 0 Å². The van der Waals surface area contributed by atoms with Crippen LogP contribution in [0.4, 0.5) is 0 Å². The Kier molecular flexibility index (Phi) is 3.42. The SMILES string of the molecule is O=C(O)CNC(=O)C(=O)Cl. The minimum Gasteiger partial charge on any atom is -0.480 e. The number of hydrogen-bond donors (Lipinski definition) is 2. The molecule has 2 N–H and O–H groups in total. The van der Waals surface area contributed by atoms with Crippen molar-refractivity contribution in [2.75, 3.05) is 6.54 Å². The number of carbonyl (C=O) groups excluding carboxylic acids is 2. The van der Waals surface area contributed by atoms with E-state index in [1.807, 2.05) is 0 Å². The number of amides is 1. The summed E-state index contributed by atoms with van der Waals surface area (Å²) < 4.78 is 0. The molecular weight excluding hydrogens is 162 g/mol. The lowest BCUT2D eigenvalue weighted by Crippen LogP contribution is -2.32. The molecule has 0 unspecified atom stereocenters. The summed E-state index contributed by atoms with van der Waals surface area (Å²) >= 11 is 4.67. The van der Waals surface area contributed by atoms with Crippen molar-refractivity contribution in [3.63, 3.8) is 0 Å². The molecule has 0 spiro atoms. The fourth-order valence-electron chi connectivity index (χ4n) is 0.225. The van der Waals surface area contributed by atoms with Crippen LogP contribution < -0.4 is 5.32 Å². The average molecular weight is 166 g/mol.